The zero-order valence-electron chi connectivity index (χ0n) is 15.8. The number of nitrogens with one attached hydrogen (secondary N) is 1. The third-order valence-corrected chi connectivity index (χ3v) is 4.88. The van der Waals surface area contributed by atoms with Gasteiger partial charge in [0.2, 0.25) is 0 Å². The molecule has 140 valence electrons. The van der Waals surface area contributed by atoms with Crippen LogP contribution in [0.2, 0.25) is 5.02 Å². The number of nitrogens with zero attached hydrogens (tertiary/aromatic N) is 3. The lowest BCUT2D eigenvalue weighted by molar-refractivity contribution is 0.0949. The average molecular weight is 375 g/mol. The van der Waals surface area contributed by atoms with Crippen LogP contribution < -0.4 is 5.32 Å². The first-order valence-corrected chi connectivity index (χ1v) is 9.62. The predicted octanol–water partition coefficient (Wildman–Crippen LogP) is 3.64. The van der Waals surface area contributed by atoms with Crippen molar-refractivity contribution in [3.63, 3.8) is 0 Å². The molecule has 0 spiro atoms. The quantitative estimate of drug-likeness (QED) is 0.869. The second kappa shape index (κ2) is 8.23. The van der Waals surface area contributed by atoms with Crippen LogP contribution in [0.4, 0.5) is 0 Å². The van der Waals surface area contributed by atoms with Crippen molar-refractivity contribution in [2.24, 2.45) is 5.92 Å². The van der Waals surface area contributed by atoms with E-state index in [0.717, 1.165) is 43.9 Å². The third-order valence-electron chi connectivity index (χ3n) is 4.64. The lowest BCUT2D eigenvalue weighted by Gasteiger charge is -2.21. The summed E-state index contributed by atoms with van der Waals surface area (Å²) in [6.45, 7) is 10.9. The maximum absolute atomic E-state index is 12.4. The first-order valence-electron chi connectivity index (χ1n) is 9.24. The van der Waals surface area contributed by atoms with Crippen molar-refractivity contribution in [3.05, 3.63) is 51.8 Å². The molecule has 0 radical (unpaired) electrons. The smallest absolute Gasteiger partial charge is 0.251 e. The molecule has 1 aliphatic heterocycles. The zero-order valence-corrected chi connectivity index (χ0v) is 16.5. The van der Waals surface area contributed by atoms with E-state index < -0.39 is 0 Å². The molecule has 0 fully saturated rings. The molecule has 1 amide bonds. The Balaban J connectivity index is 1.65. The van der Waals surface area contributed by atoms with Gasteiger partial charge < -0.3 is 5.32 Å². The van der Waals surface area contributed by atoms with Crippen LogP contribution in [-0.4, -0.2) is 33.7 Å². The maximum Gasteiger partial charge on any atom is 0.251 e. The van der Waals surface area contributed by atoms with E-state index in [1.54, 1.807) is 12.1 Å². The summed E-state index contributed by atoms with van der Waals surface area (Å²) in [7, 11) is 0. The fourth-order valence-electron chi connectivity index (χ4n) is 3.45. The Bertz CT molecular complexity index is 784. The SMILES string of the molecule is Cc1ccc(Cl)cc1C(=O)NCc1cc2n(n1)CCCN(CC(C)C)C2. The van der Waals surface area contributed by atoms with Gasteiger partial charge in [0.1, 0.15) is 0 Å². The molecule has 2 aromatic rings. The van der Waals surface area contributed by atoms with E-state index in [1.807, 2.05) is 13.0 Å². The topological polar surface area (TPSA) is 50.2 Å². The van der Waals surface area contributed by atoms with Crippen LogP contribution in [0.25, 0.3) is 0 Å². The van der Waals surface area contributed by atoms with Crippen molar-refractivity contribution >= 4 is 17.5 Å². The maximum atomic E-state index is 12.4. The monoisotopic (exact) mass is 374 g/mol. The molecule has 1 aliphatic rings. The van der Waals surface area contributed by atoms with E-state index in [2.05, 4.69) is 39.9 Å². The summed E-state index contributed by atoms with van der Waals surface area (Å²) in [5, 5.41) is 8.21. The molecule has 1 N–H and O–H groups in total. The molecule has 0 saturated heterocycles. The first kappa shape index (κ1) is 18.9. The number of aromatic nitrogens is 2. The Hall–Kier alpha value is -1.85. The number of halogens is 1. The van der Waals surface area contributed by atoms with E-state index in [0.29, 0.717) is 23.0 Å². The molecule has 1 aromatic heterocycles. The minimum Gasteiger partial charge on any atom is -0.346 e. The summed E-state index contributed by atoms with van der Waals surface area (Å²) in [5.74, 6) is 0.541. The number of amides is 1. The second-order valence-electron chi connectivity index (χ2n) is 7.47. The van der Waals surface area contributed by atoms with Gasteiger partial charge in [-0.15, -0.1) is 0 Å². The highest BCUT2D eigenvalue weighted by Crippen LogP contribution is 2.17. The van der Waals surface area contributed by atoms with Gasteiger partial charge in [-0.2, -0.15) is 5.10 Å². The lowest BCUT2D eigenvalue weighted by Crippen LogP contribution is -2.27. The summed E-state index contributed by atoms with van der Waals surface area (Å²) in [6.07, 6.45) is 1.11. The Morgan fingerprint density at radius 1 is 1.31 bits per heavy atom. The van der Waals surface area contributed by atoms with Gasteiger partial charge >= 0.3 is 0 Å². The molecule has 0 atom stereocenters. The van der Waals surface area contributed by atoms with Gasteiger partial charge in [0.05, 0.1) is 17.9 Å². The van der Waals surface area contributed by atoms with E-state index in [9.17, 15) is 4.79 Å². The average Bonchev–Trinajstić information content (AvgIpc) is 2.86. The molecule has 0 aliphatic carbocycles. The highest BCUT2D eigenvalue weighted by atomic mass is 35.5. The summed E-state index contributed by atoms with van der Waals surface area (Å²) in [6, 6.07) is 7.48. The number of aryl methyl sites for hydroxylation is 2. The van der Waals surface area contributed by atoms with Crippen LogP contribution >= 0.6 is 11.6 Å². The standard InChI is InChI=1S/C20H27ClN4O/c1-14(2)12-24-7-4-8-25-18(13-24)10-17(23-25)11-22-20(26)19-9-16(21)6-5-15(19)3/h5-6,9-10,14H,4,7-8,11-13H2,1-3H3,(H,22,26). The van der Waals surface area contributed by atoms with Gasteiger partial charge in [0.25, 0.3) is 5.91 Å². The minimum atomic E-state index is -0.116. The number of carbonyl (C=O) groups excluding carboxylic acids is 1. The summed E-state index contributed by atoms with van der Waals surface area (Å²) in [4.78, 5) is 14.9. The Morgan fingerprint density at radius 2 is 2.12 bits per heavy atom. The lowest BCUT2D eigenvalue weighted by atomic mass is 10.1. The number of benzene rings is 1. The fourth-order valence-corrected chi connectivity index (χ4v) is 3.62. The number of carbonyl (C=O) groups is 1. The summed E-state index contributed by atoms with van der Waals surface area (Å²) >= 11 is 6.01. The number of fused-ring (bicyclic) bond motifs is 1. The highest BCUT2D eigenvalue weighted by Gasteiger charge is 2.18. The Morgan fingerprint density at radius 3 is 2.88 bits per heavy atom. The van der Waals surface area contributed by atoms with E-state index in [-0.39, 0.29) is 5.91 Å². The van der Waals surface area contributed by atoms with Crippen LogP contribution in [0.15, 0.2) is 24.3 Å². The number of rotatable bonds is 5. The van der Waals surface area contributed by atoms with Gasteiger partial charge in [-0.05, 0) is 43.0 Å². The molecule has 1 aromatic carbocycles. The predicted molar refractivity (Wildman–Crippen MR) is 104 cm³/mol. The van der Waals surface area contributed by atoms with Crippen molar-refractivity contribution in [2.75, 3.05) is 13.1 Å². The second-order valence-corrected chi connectivity index (χ2v) is 7.91. The highest BCUT2D eigenvalue weighted by molar-refractivity contribution is 6.31. The van der Waals surface area contributed by atoms with Crippen molar-refractivity contribution in [1.82, 2.24) is 20.0 Å². The van der Waals surface area contributed by atoms with Gasteiger partial charge in [0.15, 0.2) is 0 Å². The molecule has 0 saturated carbocycles. The Kier molecular flexibility index (Phi) is 5.99. The Labute approximate surface area is 160 Å². The van der Waals surface area contributed by atoms with Crippen LogP contribution in [0.3, 0.4) is 0 Å². The normalized spacial score (nSPS) is 15.0. The number of hydrogen-bond acceptors (Lipinski definition) is 3. The van der Waals surface area contributed by atoms with Crippen molar-refractivity contribution in [2.45, 2.75) is 46.8 Å². The molecular weight excluding hydrogens is 348 g/mol. The molecular formula is C20H27ClN4O. The van der Waals surface area contributed by atoms with Crippen LogP contribution in [0.1, 0.15) is 47.6 Å². The van der Waals surface area contributed by atoms with Crippen LogP contribution in [0.5, 0.6) is 0 Å². The minimum absolute atomic E-state index is 0.116. The van der Waals surface area contributed by atoms with Gasteiger partial charge in [-0.25, -0.2) is 0 Å². The summed E-state index contributed by atoms with van der Waals surface area (Å²) in [5.41, 5.74) is 3.66. The first-order chi connectivity index (χ1) is 12.4. The van der Waals surface area contributed by atoms with Gasteiger partial charge in [-0.1, -0.05) is 31.5 Å². The van der Waals surface area contributed by atoms with E-state index in [1.165, 1.54) is 5.69 Å². The molecule has 0 bridgehead atoms. The molecule has 5 nitrogen and oxygen atoms in total. The van der Waals surface area contributed by atoms with Crippen molar-refractivity contribution < 1.29 is 4.79 Å². The van der Waals surface area contributed by atoms with Gasteiger partial charge in [-0.3, -0.25) is 14.4 Å². The van der Waals surface area contributed by atoms with Crippen molar-refractivity contribution in [3.8, 4) is 0 Å². The molecule has 26 heavy (non-hydrogen) atoms. The fraction of sp³-hybridized carbons (Fsp3) is 0.500. The zero-order chi connectivity index (χ0) is 18.7. The molecule has 0 unspecified atom stereocenters. The molecule has 3 rings (SSSR count). The van der Waals surface area contributed by atoms with Crippen LogP contribution in [0, 0.1) is 12.8 Å². The van der Waals surface area contributed by atoms with Gasteiger partial charge in [0, 0.05) is 36.8 Å². The molecule has 6 heteroatoms. The number of hydrogen-bond donors (Lipinski definition) is 1. The largest absolute Gasteiger partial charge is 0.346 e. The summed E-state index contributed by atoms with van der Waals surface area (Å²) < 4.78 is 2.09. The third kappa shape index (κ3) is 4.65. The van der Waals surface area contributed by atoms with E-state index >= 15 is 0 Å². The van der Waals surface area contributed by atoms with Crippen LogP contribution in [-0.2, 0) is 19.6 Å². The van der Waals surface area contributed by atoms with Crippen molar-refractivity contribution in [1.29, 1.82) is 0 Å². The molecule has 2 heterocycles. The van der Waals surface area contributed by atoms with E-state index in [4.69, 9.17) is 11.6 Å².